The summed E-state index contributed by atoms with van der Waals surface area (Å²) in [5.41, 5.74) is 6.36. The molecule has 2 N–H and O–H groups in total. The Bertz CT molecular complexity index is 1670. The molecule has 0 aromatic heterocycles. The van der Waals surface area contributed by atoms with E-state index in [-0.39, 0.29) is 23.5 Å². The lowest BCUT2D eigenvalue weighted by Crippen LogP contribution is -2.48. The lowest BCUT2D eigenvalue weighted by Gasteiger charge is -2.16. The number of hydrazine groups is 1. The molecule has 0 bridgehead atoms. The summed E-state index contributed by atoms with van der Waals surface area (Å²) in [6, 6.07) is 24.1. The molecule has 1 unspecified atom stereocenters. The van der Waals surface area contributed by atoms with Crippen molar-refractivity contribution in [2.45, 2.75) is 19.4 Å². The predicted molar refractivity (Wildman–Crippen MR) is 154 cm³/mol. The molecule has 4 aromatic carbocycles. The highest BCUT2D eigenvalue weighted by atomic mass is 16.5. The second-order valence-corrected chi connectivity index (χ2v) is 9.49. The van der Waals surface area contributed by atoms with Gasteiger partial charge in [-0.15, -0.1) is 0 Å². The third-order valence-corrected chi connectivity index (χ3v) is 6.70. The van der Waals surface area contributed by atoms with E-state index in [0.29, 0.717) is 23.5 Å². The minimum Gasteiger partial charge on any atom is -0.494 e. The lowest BCUT2D eigenvalue weighted by molar-refractivity contribution is -0.121. The third kappa shape index (κ3) is 6.18. The number of rotatable bonds is 10. The maximum Gasteiger partial charge on any atom is 0.338 e. The van der Waals surface area contributed by atoms with E-state index in [1.54, 1.807) is 36.4 Å². The highest BCUT2D eigenvalue weighted by molar-refractivity contribution is 6.22. The number of hydrogen-bond acceptors (Lipinski definition) is 8. The molecule has 1 fully saturated rings. The van der Waals surface area contributed by atoms with E-state index in [1.165, 1.54) is 24.3 Å². The molecule has 0 radical (unpaired) electrons. The van der Waals surface area contributed by atoms with Gasteiger partial charge in [0.25, 0.3) is 11.8 Å². The van der Waals surface area contributed by atoms with Crippen LogP contribution in [0.4, 0.5) is 5.69 Å². The molecule has 0 spiro atoms. The normalized spacial score (nSPS) is 14.6. The summed E-state index contributed by atoms with van der Waals surface area (Å²) in [7, 11) is 0. The fourth-order valence-electron chi connectivity index (χ4n) is 4.52. The molecular weight excluding hydrogens is 538 g/mol. The molecule has 1 atom stereocenters. The van der Waals surface area contributed by atoms with Gasteiger partial charge in [-0.2, -0.15) is 0 Å². The van der Waals surface area contributed by atoms with Crippen LogP contribution in [0, 0.1) is 0 Å². The summed E-state index contributed by atoms with van der Waals surface area (Å²) in [6.07, 6.45) is -0.158. The van der Waals surface area contributed by atoms with E-state index < -0.39 is 36.3 Å². The predicted octanol–water partition coefficient (Wildman–Crippen LogP) is 3.84. The van der Waals surface area contributed by atoms with Crippen molar-refractivity contribution in [3.63, 3.8) is 0 Å². The number of nitrogens with zero attached hydrogens (tertiary/aromatic N) is 1. The van der Waals surface area contributed by atoms with Gasteiger partial charge in [0.2, 0.25) is 5.91 Å². The first kappa shape index (κ1) is 28.2. The van der Waals surface area contributed by atoms with Gasteiger partial charge in [-0.3, -0.25) is 24.6 Å². The number of benzene rings is 4. The largest absolute Gasteiger partial charge is 0.494 e. The summed E-state index contributed by atoms with van der Waals surface area (Å²) < 4.78 is 10.5. The van der Waals surface area contributed by atoms with E-state index in [1.807, 2.05) is 37.3 Å². The number of amides is 3. The molecule has 0 aliphatic carbocycles. The fraction of sp³-hybridized carbons (Fsp3) is 0.156. The van der Waals surface area contributed by atoms with Crippen LogP contribution >= 0.6 is 0 Å². The van der Waals surface area contributed by atoms with Crippen LogP contribution in [0.5, 0.6) is 5.75 Å². The van der Waals surface area contributed by atoms with Crippen LogP contribution in [-0.4, -0.2) is 48.7 Å². The highest BCUT2D eigenvalue weighted by Gasteiger charge is 2.39. The van der Waals surface area contributed by atoms with Crippen molar-refractivity contribution < 1.29 is 33.4 Å². The van der Waals surface area contributed by atoms with Crippen LogP contribution < -0.4 is 20.5 Å². The van der Waals surface area contributed by atoms with Crippen LogP contribution in [0.25, 0.3) is 10.8 Å². The molecule has 4 aromatic rings. The van der Waals surface area contributed by atoms with Gasteiger partial charge >= 0.3 is 5.97 Å². The van der Waals surface area contributed by atoms with Gasteiger partial charge in [0.15, 0.2) is 12.4 Å². The Hall–Kier alpha value is -5.35. The van der Waals surface area contributed by atoms with E-state index in [4.69, 9.17) is 9.47 Å². The highest BCUT2D eigenvalue weighted by Crippen LogP contribution is 2.24. The summed E-state index contributed by atoms with van der Waals surface area (Å²) in [5, 5.41) is 1.89. The number of imide groups is 1. The molecule has 212 valence electrons. The fourth-order valence-corrected chi connectivity index (χ4v) is 4.52. The van der Waals surface area contributed by atoms with Crippen molar-refractivity contribution >= 4 is 45.9 Å². The number of hydrogen-bond donors (Lipinski definition) is 2. The van der Waals surface area contributed by atoms with Crippen molar-refractivity contribution in [2.75, 3.05) is 18.1 Å². The second-order valence-electron chi connectivity index (χ2n) is 9.49. The molecular formula is C32H27N3O7. The van der Waals surface area contributed by atoms with Crippen molar-refractivity contribution in [3.05, 3.63) is 108 Å². The number of ether oxygens (including phenoxy) is 2. The minimum atomic E-state index is -0.958. The number of Topliss-reactive ketones (excluding diaryl/α,β-unsaturated/α-hetero) is 1. The van der Waals surface area contributed by atoms with Gasteiger partial charge in [-0.05, 0) is 78.4 Å². The molecule has 10 heteroatoms. The topological polar surface area (TPSA) is 131 Å². The van der Waals surface area contributed by atoms with E-state index >= 15 is 0 Å². The quantitative estimate of drug-likeness (QED) is 0.128. The standard InChI is InChI=1S/C32H27N3O7/c1-2-41-26-15-11-21(12-16-26)28(36)19-42-32(40)22-9-13-25(14-10-22)35-29(37)18-27(31(35)39)33-34-30(38)24-8-7-20-5-3-4-6-23(20)17-24/h3-17,27,33H,2,18-19H2,1H3,(H,34,38). The zero-order valence-corrected chi connectivity index (χ0v) is 22.7. The number of fused-ring (bicyclic) bond motifs is 1. The molecule has 1 aliphatic heterocycles. The van der Waals surface area contributed by atoms with Crippen molar-refractivity contribution in [3.8, 4) is 5.75 Å². The number of anilines is 1. The van der Waals surface area contributed by atoms with Gasteiger partial charge in [-0.25, -0.2) is 15.1 Å². The smallest absolute Gasteiger partial charge is 0.338 e. The van der Waals surface area contributed by atoms with Gasteiger partial charge in [0.05, 0.1) is 24.3 Å². The lowest BCUT2D eigenvalue weighted by atomic mass is 10.1. The number of carbonyl (C=O) groups excluding carboxylic acids is 5. The van der Waals surface area contributed by atoms with Gasteiger partial charge in [-0.1, -0.05) is 30.3 Å². The zero-order chi connectivity index (χ0) is 29.6. The molecule has 3 amide bonds. The Morgan fingerprint density at radius 1 is 0.833 bits per heavy atom. The van der Waals surface area contributed by atoms with Crippen molar-refractivity contribution in [2.24, 2.45) is 0 Å². The molecule has 5 rings (SSSR count). The van der Waals surface area contributed by atoms with E-state index in [2.05, 4.69) is 10.9 Å². The number of esters is 1. The maximum absolute atomic E-state index is 13.0. The van der Waals surface area contributed by atoms with Crippen LogP contribution in [-0.2, 0) is 14.3 Å². The van der Waals surface area contributed by atoms with Crippen LogP contribution in [0.1, 0.15) is 44.4 Å². The second kappa shape index (κ2) is 12.4. The first-order valence-corrected chi connectivity index (χ1v) is 13.3. The average molecular weight is 566 g/mol. The minimum absolute atomic E-state index is 0.148. The molecule has 1 saturated heterocycles. The maximum atomic E-state index is 13.0. The summed E-state index contributed by atoms with van der Waals surface area (Å²) in [6.45, 7) is 1.91. The summed E-state index contributed by atoms with van der Waals surface area (Å²) in [5.74, 6) is -1.92. The molecule has 42 heavy (non-hydrogen) atoms. The average Bonchev–Trinajstić information content (AvgIpc) is 3.30. The summed E-state index contributed by atoms with van der Waals surface area (Å²) in [4.78, 5) is 64.1. The molecule has 1 aliphatic rings. The van der Waals surface area contributed by atoms with Crippen molar-refractivity contribution in [1.82, 2.24) is 10.9 Å². The van der Waals surface area contributed by atoms with Crippen LogP contribution in [0.2, 0.25) is 0 Å². The van der Waals surface area contributed by atoms with E-state index in [9.17, 15) is 24.0 Å². The Balaban J connectivity index is 1.15. The number of nitrogens with one attached hydrogen (secondary N) is 2. The summed E-state index contributed by atoms with van der Waals surface area (Å²) >= 11 is 0. The Kier molecular flexibility index (Phi) is 8.35. The first-order valence-electron chi connectivity index (χ1n) is 13.3. The molecule has 10 nitrogen and oxygen atoms in total. The van der Waals surface area contributed by atoms with Gasteiger partial charge in [0.1, 0.15) is 11.8 Å². The molecule has 1 heterocycles. The Morgan fingerprint density at radius 2 is 1.50 bits per heavy atom. The first-order chi connectivity index (χ1) is 20.3. The van der Waals surface area contributed by atoms with Crippen LogP contribution in [0.3, 0.4) is 0 Å². The third-order valence-electron chi connectivity index (χ3n) is 6.70. The van der Waals surface area contributed by atoms with Gasteiger partial charge in [0, 0.05) is 11.1 Å². The Labute approximate surface area is 241 Å². The van der Waals surface area contributed by atoms with Gasteiger partial charge < -0.3 is 9.47 Å². The van der Waals surface area contributed by atoms with Crippen molar-refractivity contribution in [1.29, 1.82) is 0 Å². The van der Waals surface area contributed by atoms with Crippen LogP contribution in [0.15, 0.2) is 91.0 Å². The Morgan fingerprint density at radius 3 is 2.21 bits per heavy atom. The molecule has 0 saturated carbocycles. The number of carbonyl (C=O) groups is 5. The van der Waals surface area contributed by atoms with E-state index in [0.717, 1.165) is 15.7 Å². The SMILES string of the molecule is CCOc1ccc(C(=O)COC(=O)c2ccc(N3C(=O)CC(NNC(=O)c4ccc5ccccc5c4)C3=O)cc2)cc1. The monoisotopic (exact) mass is 565 g/mol. The zero-order valence-electron chi connectivity index (χ0n) is 22.7. The number of ketones is 1.